The van der Waals surface area contributed by atoms with Crippen molar-refractivity contribution in [2.45, 2.75) is 52.9 Å². The van der Waals surface area contributed by atoms with Crippen molar-refractivity contribution in [3.8, 4) is 6.07 Å². The summed E-state index contributed by atoms with van der Waals surface area (Å²) in [5.41, 5.74) is 1.15. The second kappa shape index (κ2) is 5.84. The molecule has 0 spiro atoms. The van der Waals surface area contributed by atoms with Gasteiger partial charge in [-0.25, -0.2) is 0 Å². The first-order valence-corrected chi connectivity index (χ1v) is 6.15. The van der Waals surface area contributed by atoms with Crippen molar-refractivity contribution in [2.24, 2.45) is 5.41 Å². The topological polar surface area (TPSA) is 21.4 Å². The van der Waals surface area contributed by atoms with E-state index in [0.717, 1.165) is 6.42 Å². The van der Waals surface area contributed by atoms with Gasteiger partial charge in [0.05, 0.1) is 0 Å². The molecular weight excluding hydrogens is 198 g/mol. The van der Waals surface area contributed by atoms with E-state index >= 15 is 0 Å². The predicted octanol–water partition coefficient (Wildman–Crippen LogP) is 3.83. The van der Waals surface area contributed by atoms with Gasteiger partial charge in [0.2, 0.25) is 0 Å². The van der Waals surface area contributed by atoms with Gasteiger partial charge in [0, 0.05) is 11.8 Å². The number of nitrogens with zero attached hydrogens (tertiary/aromatic N) is 1. The fourth-order valence-corrected chi connectivity index (χ4v) is 1.63. The summed E-state index contributed by atoms with van der Waals surface area (Å²) in [6.45, 7) is 6.37. The summed E-state index contributed by atoms with van der Waals surface area (Å²) in [6, 6.07) is 2.62. The third kappa shape index (κ3) is 4.61. The van der Waals surface area contributed by atoms with Crippen LogP contribution in [0.25, 0.3) is 4.85 Å². The molecule has 0 aromatic carbocycles. The van der Waals surface area contributed by atoms with Gasteiger partial charge in [-0.3, -0.25) is 4.79 Å². The minimum atomic E-state index is -0.354. The number of hydrogen-bond acceptors (Lipinski definition) is 1. The maximum Gasteiger partial charge on any atom is 0.350 e. The first-order valence-electron chi connectivity index (χ1n) is 6.15. The van der Waals surface area contributed by atoms with Gasteiger partial charge in [0.15, 0.2) is 0 Å². The summed E-state index contributed by atoms with van der Waals surface area (Å²) in [5, 5.41) is 0. The van der Waals surface area contributed by atoms with Gasteiger partial charge in [-0.15, -0.1) is 0 Å². The van der Waals surface area contributed by atoms with Crippen molar-refractivity contribution in [1.82, 2.24) is 0 Å². The summed E-state index contributed by atoms with van der Waals surface area (Å²) >= 11 is 0. The fourth-order valence-electron chi connectivity index (χ4n) is 1.63. The van der Waals surface area contributed by atoms with Crippen LogP contribution in [0.5, 0.6) is 0 Å². The minimum absolute atomic E-state index is 0.00914. The first kappa shape index (κ1) is 13.0. The maximum atomic E-state index is 11.5. The lowest BCUT2D eigenvalue weighted by molar-refractivity contribution is -0.120. The smallest absolute Gasteiger partial charge is 0.277 e. The minimum Gasteiger partial charge on any atom is -0.277 e. The molecule has 0 radical (unpaired) electrons. The van der Waals surface area contributed by atoms with Crippen LogP contribution in [0.1, 0.15) is 52.9 Å². The van der Waals surface area contributed by atoms with Crippen LogP contribution >= 0.6 is 0 Å². The van der Waals surface area contributed by atoms with Crippen LogP contribution in [-0.4, -0.2) is 12.3 Å². The van der Waals surface area contributed by atoms with E-state index < -0.39 is 0 Å². The van der Waals surface area contributed by atoms with E-state index in [1.165, 1.54) is 31.3 Å². The molecule has 0 saturated carbocycles. The molecule has 88 valence electrons. The molecule has 0 aliphatic heterocycles. The third-order valence-corrected chi connectivity index (χ3v) is 2.79. The molecule has 0 bridgehead atoms. The lowest BCUT2D eigenvalue weighted by atomic mass is 9.92. The van der Waals surface area contributed by atoms with Crippen LogP contribution < -0.4 is 0 Å². The lowest BCUT2D eigenvalue weighted by Gasteiger charge is -2.08. The summed E-state index contributed by atoms with van der Waals surface area (Å²) in [4.78, 5) is 15.6. The molecule has 0 amide bonds. The molecule has 0 atom stereocenters. The van der Waals surface area contributed by atoms with Gasteiger partial charge in [-0.2, -0.15) is 0 Å². The van der Waals surface area contributed by atoms with Crippen molar-refractivity contribution >= 4 is 5.78 Å². The second-order valence-electron chi connectivity index (χ2n) is 5.43. The van der Waals surface area contributed by atoms with Crippen molar-refractivity contribution < 1.29 is 4.79 Å². The van der Waals surface area contributed by atoms with E-state index in [2.05, 4.69) is 17.0 Å². The molecule has 16 heavy (non-hydrogen) atoms. The lowest BCUT2D eigenvalue weighted by Crippen LogP contribution is -2.17. The molecule has 1 aliphatic carbocycles. The standard InChI is InChI=1S/C14H22NO/c1-14(2,3)13(16)11-15-10-9-12-7-5-4-6-8-12/h7H,4-6,8-10H2,1-3H3/q+1. The van der Waals surface area contributed by atoms with E-state index in [0.29, 0.717) is 6.54 Å². The zero-order valence-electron chi connectivity index (χ0n) is 10.7. The number of rotatable bonds is 2. The van der Waals surface area contributed by atoms with E-state index in [1.54, 1.807) is 0 Å². The van der Waals surface area contributed by atoms with Gasteiger partial charge in [-0.05, 0) is 25.7 Å². The zero-order chi connectivity index (χ0) is 12.0. The van der Waals surface area contributed by atoms with Gasteiger partial charge in [-0.1, -0.05) is 37.3 Å². The molecule has 0 fully saturated rings. The Hall–Kier alpha value is -1.10. The quantitative estimate of drug-likeness (QED) is 0.512. The number of allylic oxidation sites excluding steroid dienone is 1. The molecule has 1 rings (SSSR count). The highest BCUT2D eigenvalue weighted by molar-refractivity contribution is 5.98. The van der Waals surface area contributed by atoms with Crippen LogP contribution in [0.15, 0.2) is 11.6 Å². The van der Waals surface area contributed by atoms with E-state index in [9.17, 15) is 4.79 Å². The highest BCUT2D eigenvalue weighted by Crippen LogP contribution is 2.20. The van der Waals surface area contributed by atoms with Gasteiger partial charge < -0.3 is 0 Å². The summed E-state index contributed by atoms with van der Waals surface area (Å²) < 4.78 is 0. The number of hydrogen-bond donors (Lipinski definition) is 0. The van der Waals surface area contributed by atoms with Crippen LogP contribution in [0.4, 0.5) is 0 Å². The number of carbonyl (C=O) groups excluding carboxylic acids is 1. The Kier molecular flexibility index (Phi) is 4.73. The molecule has 0 unspecified atom stereocenters. The number of carbonyl (C=O) groups is 1. The van der Waals surface area contributed by atoms with E-state index in [-0.39, 0.29) is 11.2 Å². The SMILES string of the molecule is CC(C)(C)C(=O)C#[N+]CCC1=CCCCC1. The molecule has 0 saturated heterocycles. The molecule has 2 heteroatoms. The van der Waals surface area contributed by atoms with Crippen molar-refractivity contribution in [1.29, 1.82) is 0 Å². The molecule has 1 aliphatic rings. The molecule has 0 aromatic heterocycles. The second-order valence-corrected chi connectivity index (χ2v) is 5.43. The number of ketones is 1. The fraction of sp³-hybridized carbons (Fsp3) is 0.714. The van der Waals surface area contributed by atoms with Gasteiger partial charge in [0.25, 0.3) is 12.3 Å². The van der Waals surface area contributed by atoms with Gasteiger partial charge >= 0.3 is 6.07 Å². The van der Waals surface area contributed by atoms with Crippen molar-refractivity contribution in [3.63, 3.8) is 0 Å². The van der Waals surface area contributed by atoms with Crippen LogP contribution in [0.3, 0.4) is 0 Å². The Morgan fingerprint density at radius 1 is 1.44 bits per heavy atom. The van der Waals surface area contributed by atoms with Crippen LogP contribution in [0, 0.1) is 11.5 Å². The monoisotopic (exact) mass is 220 g/mol. The molecule has 0 heterocycles. The van der Waals surface area contributed by atoms with Crippen molar-refractivity contribution in [3.05, 3.63) is 16.5 Å². The Morgan fingerprint density at radius 2 is 2.19 bits per heavy atom. The third-order valence-electron chi connectivity index (χ3n) is 2.79. The Labute approximate surface area is 98.6 Å². The summed E-state index contributed by atoms with van der Waals surface area (Å²) in [6.07, 6.45) is 8.36. The summed E-state index contributed by atoms with van der Waals surface area (Å²) in [7, 11) is 0. The van der Waals surface area contributed by atoms with Crippen LogP contribution in [0.2, 0.25) is 0 Å². The molecule has 0 aromatic rings. The largest absolute Gasteiger partial charge is 0.350 e. The summed E-state index contributed by atoms with van der Waals surface area (Å²) in [5.74, 6) is -0.00914. The molecule has 2 nitrogen and oxygen atoms in total. The van der Waals surface area contributed by atoms with Crippen LogP contribution in [-0.2, 0) is 4.79 Å². The van der Waals surface area contributed by atoms with E-state index in [4.69, 9.17) is 0 Å². The first-order chi connectivity index (χ1) is 7.50. The predicted molar refractivity (Wildman–Crippen MR) is 67.7 cm³/mol. The average molecular weight is 220 g/mol. The Morgan fingerprint density at radius 3 is 2.75 bits per heavy atom. The van der Waals surface area contributed by atoms with Gasteiger partial charge in [0.1, 0.15) is 0 Å². The maximum absolute atomic E-state index is 11.5. The van der Waals surface area contributed by atoms with E-state index in [1.807, 2.05) is 20.8 Å². The Balaban J connectivity index is 2.32. The highest BCUT2D eigenvalue weighted by Gasteiger charge is 2.23. The van der Waals surface area contributed by atoms with Crippen molar-refractivity contribution in [2.75, 3.05) is 6.54 Å². The highest BCUT2D eigenvalue weighted by atomic mass is 16.1. The Bertz CT molecular complexity index is 336. The number of Topliss-reactive ketones (excluding diaryl/α,β-unsaturated/α-hetero) is 1. The normalized spacial score (nSPS) is 16.1. The average Bonchev–Trinajstić information content (AvgIpc) is 2.24. The molecular formula is C14H22NO+. The molecule has 0 N–H and O–H groups in total. The zero-order valence-corrected chi connectivity index (χ0v) is 10.7.